The number of rotatable bonds is 6. The van der Waals surface area contributed by atoms with E-state index in [1.165, 1.54) is 24.3 Å². The molecule has 0 amide bonds. The number of hydrogen-bond acceptors (Lipinski definition) is 9. The van der Waals surface area contributed by atoms with Crippen LogP contribution in [0.5, 0.6) is 11.5 Å². The summed E-state index contributed by atoms with van der Waals surface area (Å²) in [5, 5.41) is 11.7. The lowest BCUT2D eigenvalue weighted by Crippen LogP contribution is -2.08. The lowest BCUT2D eigenvalue weighted by Gasteiger charge is -2.08. The molecule has 2 heterocycles. The van der Waals surface area contributed by atoms with Crippen molar-refractivity contribution in [3.63, 3.8) is 0 Å². The first-order valence-electron chi connectivity index (χ1n) is 10.8. The molecule has 12 heteroatoms. The number of carbonyl (C=O) groups is 2. The van der Waals surface area contributed by atoms with Crippen molar-refractivity contribution in [1.29, 1.82) is 0 Å². The molecule has 0 fully saturated rings. The number of nitro groups is 1. The molecule has 0 N–H and O–H groups in total. The lowest BCUT2D eigenvalue weighted by molar-refractivity contribution is -0.384. The quantitative estimate of drug-likeness (QED) is 0.0772. The summed E-state index contributed by atoms with van der Waals surface area (Å²) < 4.78 is 17.2. The van der Waals surface area contributed by atoms with Gasteiger partial charge in [-0.2, -0.15) is 0 Å². The van der Waals surface area contributed by atoms with Gasteiger partial charge in [-0.25, -0.2) is 14.6 Å². The Balaban J connectivity index is 1.46. The first-order valence-corrected chi connectivity index (χ1v) is 12.8. The fourth-order valence-electron chi connectivity index (χ4n) is 3.58. The maximum absolute atomic E-state index is 13.1. The number of esters is 2. The standard InChI is InChI=1S/C26H14BrClN2O7S/c1-35-17-6-2-13(3-7-17)24-29-19(25(31)37-24)11-14-10-15(27)4-9-20(14)36-26(32)23-22(28)18-8-5-16(30(33)34)12-21(18)38-23/h2-12H,1H3/b19-11+. The van der Waals surface area contributed by atoms with Gasteiger partial charge in [-0.05, 0) is 54.6 Å². The average Bonchev–Trinajstić information content (AvgIpc) is 3.44. The third-order valence-electron chi connectivity index (χ3n) is 5.43. The SMILES string of the molecule is COc1ccc(C2=N/C(=C/c3cc(Br)ccc3OC(=O)c3sc4cc([N+](=O)[O-])ccc4c3Cl)C(=O)O2)cc1. The first-order chi connectivity index (χ1) is 18.2. The van der Waals surface area contributed by atoms with Crippen molar-refractivity contribution in [3.05, 3.63) is 102 Å². The van der Waals surface area contributed by atoms with Crippen LogP contribution in [-0.2, 0) is 9.53 Å². The molecule has 0 unspecified atom stereocenters. The highest BCUT2D eigenvalue weighted by Gasteiger charge is 2.26. The number of hydrogen-bond donors (Lipinski definition) is 0. The molecule has 9 nitrogen and oxygen atoms in total. The van der Waals surface area contributed by atoms with Gasteiger partial charge in [0.15, 0.2) is 5.70 Å². The number of non-ortho nitro benzene ring substituents is 1. The number of methoxy groups -OCH3 is 1. The zero-order chi connectivity index (χ0) is 27.0. The van der Waals surface area contributed by atoms with Crippen molar-refractivity contribution in [2.75, 3.05) is 7.11 Å². The van der Waals surface area contributed by atoms with E-state index >= 15 is 0 Å². The van der Waals surface area contributed by atoms with Gasteiger partial charge in [0.1, 0.15) is 16.4 Å². The van der Waals surface area contributed by atoms with E-state index in [-0.39, 0.29) is 32.9 Å². The second-order valence-electron chi connectivity index (χ2n) is 7.82. The van der Waals surface area contributed by atoms with E-state index in [0.717, 1.165) is 11.3 Å². The van der Waals surface area contributed by atoms with Gasteiger partial charge in [-0.3, -0.25) is 10.1 Å². The molecule has 1 aliphatic rings. The Bertz CT molecular complexity index is 1700. The van der Waals surface area contributed by atoms with E-state index in [2.05, 4.69) is 20.9 Å². The third kappa shape index (κ3) is 5.03. The maximum Gasteiger partial charge on any atom is 0.363 e. The second-order valence-corrected chi connectivity index (χ2v) is 10.2. The normalized spacial score (nSPS) is 13.9. The molecular formula is C26H14BrClN2O7S. The number of nitro benzene ring substituents is 1. The van der Waals surface area contributed by atoms with Crippen molar-refractivity contribution in [3.8, 4) is 11.5 Å². The number of halogens is 2. The van der Waals surface area contributed by atoms with Crippen LogP contribution in [0.3, 0.4) is 0 Å². The Hall–Kier alpha value is -4.06. The van der Waals surface area contributed by atoms with E-state index < -0.39 is 16.9 Å². The summed E-state index contributed by atoms with van der Waals surface area (Å²) in [6.07, 6.45) is 1.45. The van der Waals surface area contributed by atoms with Gasteiger partial charge in [0.05, 0.1) is 17.1 Å². The fourth-order valence-corrected chi connectivity index (χ4v) is 5.38. The van der Waals surface area contributed by atoms with Crippen LogP contribution >= 0.6 is 38.9 Å². The maximum atomic E-state index is 13.1. The molecule has 0 aliphatic carbocycles. The molecule has 38 heavy (non-hydrogen) atoms. The molecule has 0 saturated carbocycles. The van der Waals surface area contributed by atoms with E-state index in [4.69, 9.17) is 25.8 Å². The van der Waals surface area contributed by atoms with Gasteiger partial charge in [0.2, 0.25) is 5.90 Å². The highest BCUT2D eigenvalue weighted by atomic mass is 79.9. The van der Waals surface area contributed by atoms with Crippen LogP contribution < -0.4 is 9.47 Å². The minimum Gasteiger partial charge on any atom is -0.497 e. The van der Waals surface area contributed by atoms with Gasteiger partial charge in [0.25, 0.3) is 5.69 Å². The van der Waals surface area contributed by atoms with Crippen molar-refractivity contribution in [2.45, 2.75) is 0 Å². The van der Waals surface area contributed by atoms with Crippen molar-refractivity contribution >= 4 is 78.6 Å². The average molecular weight is 614 g/mol. The van der Waals surface area contributed by atoms with Gasteiger partial charge in [-0.1, -0.05) is 27.5 Å². The summed E-state index contributed by atoms with van der Waals surface area (Å²) in [5.41, 5.74) is 0.865. The zero-order valence-electron chi connectivity index (χ0n) is 19.3. The van der Waals surface area contributed by atoms with Crippen molar-refractivity contribution in [1.82, 2.24) is 0 Å². The van der Waals surface area contributed by atoms with Gasteiger partial charge < -0.3 is 14.2 Å². The van der Waals surface area contributed by atoms with Crippen LogP contribution in [0.25, 0.3) is 16.2 Å². The summed E-state index contributed by atoms with van der Waals surface area (Å²) in [7, 11) is 1.55. The molecule has 3 aromatic carbocycles. The molecule has 5 rings (SSSR count). The van der Waals surface area contributed by atoms with E-state index in [9.17, 15) is 19.7 Å². The van der Waals surface area contributed by atoms with E-state index in [1.54, 1.807) is 49.6 Å². The smallest absolute Gasteiger partial charge is 0.363 e. The number of carbonyl (C=O) groups excluding carboxylic acids is 2. The minimum absolute atomic E-state index is 0.0124. The number of benzene rings is 3. The second kappa shape index (κ2) is 10.4. The number of ether oxygens (including phenoxy) is 3. The molecular weight excluding hydrogens is 600 g/mol. The number of fused-ring (bicyclic) bond motifs is 1. The van der Waals surface area contributed by atoms with Crippen molar-refractivity contribution < 1.29 is 28.7 Å². The molecule has 0 saturated heterocycles. The summed E-state index contributed by atoms with van der Waals surface area (Å²) in [4.78, 5) is 40.6. The number of thiophene rings is 1. The number of aliphatic imine (C=N–C) groups is 1. The molecule has 1 aromatic heterocycles. The van der Waals surface area contributed by atoms with Crippen LogP contribution in [0.1, 0.15) is 20.8 Å². The molecule has 0 spiro atoms. The molecule has 0 radical (unpaired) electrons. The third-order valence-corrected chi connectivity index (χ3v) is 7.56. The topological polar surface area (TPSA) is 117 Å². The summed E-state index contributed by atoms with van der Waals surface area (Å²) in [6.45, 7) is 0. The number of nitrogens with zero attached hydrogens (tertiary/aromatic N) is 2. The Morgan fingerprint density at radius 2 is 1.92 bits per heavy atom. The molecule has 190 valence electrons. The van der Waals surface area contributed by atoms with Gasteiger partial charge in [-0.15, -0.1) is 11.3 Å². The molecule has 4 aromatic rings. The monoisotopic (exact) mass is 612 g/mol. The molecule has 1 aliphatic heterocycles. The van der Waals surface area contributed by atoms with Crippen LogP contribution in [-0.4, -0.2) is 29.9 Å². The predicted molar refractivity (Wildman–Crippen MR) is 146 cm³/mol. The number of cyclic esters (lactones) is 1. The van der Waals surface area contributed by atoms with Crippen LogP contribution in [0.15, 0.2) is 75.8 Å². The minimum atomic E-state index is -0.753. The summed E-state index contributed by atoms with van der Waals surface area (Å²) in [6, 6.07) is 15.9. The Morgan fingerprint density at radius 3 is 2.63 bits per heavy atom. The molecule has 0 bridgehead atoms. The van der Waals surface area contributed by atoms with Crippen molar-refractivity contribution in [2.24, 2.45) is 4.99 Å². The largest absolute Gasteiger partial charge is 0.497 e. The highest BCUT2D eigenvalue weighted by Crippen LogP contribution is 2.38. The Labute approximate surface area is 232 Å². The zero-order valence-corrected chi connectivity index (χ0v) is 22.4. The Kier molecular flexibility index (Phi) is 6.98. The first kappa shape index (κ1) is 25.6. The summed E-state index contributed by atoms with van der Waals surface area (Å²) >= 11 is 10.8. The van der Waals surface area contributed by atoms with Gasteiger partial charge >= 0.3 is 11.9 Å². The summed E-state index contributed by atoms with van der Waals surface area (Å²) in [5.74, 6) is -0.499. The predicted octanol–water partition coefficient (Wildman–Crippen LogP) is 6.80. The molecule has 0 atom stereocenters. The highest BCUT2D eigenvalue weighted by molar-refractivity contribution is 9.10. The van der Waals surface area contributed by atoms with Crippen LogP contribution in [0.2, 0.25) is 5.02 Å². The van der Waals surface area contributed by atoms with Crippen LogP contribution in [0, 0.1) is 10.1 Å². The Morgan fingerprint density at radius 1 is 1.16 bits per heavy atom. The van der Waals surface area contributed by atoms with E-state index in [1.807, 2.05) is 0 Å². The fraction of sp³-hybridized carbons (Fsp3) is 0.0385. The van der Waals surface area contributed by atoms with E-state index in [0.29, 0.717) is 31.4 Å². The van der Waals surface area contributed by atoms with Crippen LogP contribution in [0.4, 0.5) is 5.69 Å². The lowest BCUT2D eigenvalue weighted by atomic mass is 10.1. The van der Waals surface area contributed by atoms with Gasteiger partial charge in [0, 0.05) is 37.8 Å².